The number of hydrogen-bond donors (Lipinski definition) is 0. The van der Waals surface area contributed by atoms with Gasteiger partial charge in [-0.25, -0.2) is 4.90 Å². The molecule has 0 atom stereocenters. The molecule has 1 aliphatic rings. The number of anilines is 1. The van der Waals surface area contributed by atoms with Crippen LogP contribution in [0.15, 0.2) is 36.4 Å². The molecule has 0 unspecified atom stereocenters. The molecule has 5 nitrogen and oxygen atoms in total. The Morgan fingerprint density at radius 2 is 1.59 bits per heavy atom. The van der Waals surface area contributed by atoms with Crippen LogP contribution >= 0.6 is 0 Å². The number of nitrogens with zero attached hydrogens (tertiary/aromatic N) is 1. The highest BCUT2D eigenvalue weighted by Gasteiger charge is 2.24. The highest BCUT2D eigenvalue weighted by Crippen LogP contribution is 2.22. The molecule has 0 N–H and O–H groups in total. The Morgan fingerprint density at radius 3 is 2.06 bits per heavy atom. The molecule has 0 aromatic heterocycles. The van der Waals surface area contributed by atoms with Crippen LogP contribution in [0.2, 0.25) is 0 Å². The Hall–Kier alpha value is -2.43. The first-order valence-electron chi connectivity index (χ1n) is 4.92. The number of carbonyl (C=O) groups excluding carboxylic acids is 3. The van der Waals surface area contributed by atoms with Crippen molar-refractivity contribution in [1.82, 2.24) is 0 Å². The lowest BCUT2D eigenvalue weighted by molar-refractivity contribution is -0.132. The van der Waals surface area contributed by atoms with Crippen molar-refractivity contribution in [3.05, 3.63) is 36.4 Å². The first-order valence-corrected chi connectivity index (χ1v) is 4.92. The Kier molecular flexibility index (Phi) is 2.74. The van der Waals surface area contributed by atoms with E-state index < -0.39 is 5.97 Å². The molecule has 5 heteroatoms. The van der Waals surface area contributed by atoms with Crippen LogP contribution in [0.1, 0.15) is 6.92 Å². The van der Waals surface area contributed by atoms with Gasteiger partial charge in [-0.15, -0.1) is 0 Å². The van der Waals surface area contributed by atoms with E-state index >= 15 is 0 Å². The molecule has 17 heavy (non-hydrogen) atoms. The van der Waals surface area contributed by atoms with Crippen molar-refractivity contribution in [1.29, 1.82) is 0 Å². The minimum absolute atomic E-state index is 0.369. The van der Waals surface area contributed by atoms with Crippen molar-refractivity contribution in [3.8, 4) is 5.75 Å². The number of esters is 1. The lowest BCUT2D eigenvalue weighted by atomic mass is 10.3. The summed E-state index contributed by atoms with van der Waals surface area (Å²) in [7, 11) is 0. The summed E-state index contributed by atoms with van der Waals surface area (Å²) in [5.74, 6) is -0.813. The lowest BCUT2D eigenvalue weighted by Gasteiger charge is -2.13. The highest BCUT2D eigenvalue weighted by atomic mass is 16.5. The average molecular weight is 231 g/mol. The topological polar surface area (TPSA) is 63.7 Å². The van der Waals surface area contributed by atoms with Gasteiger partial charge in [-0.3, -0.25) is 14.4 Å². The zero-order chi connectivity index (χ0) is 12.4. The summed E-state index contributed by atoms with van der Waals surface area (Å²) in [4.78, 5) is 34.5. The number of ether oxygens (including phenoxy) is 1. The minimum atomic E-state index is -0.423. The quantitative estimate of drug-likeness (QED) is 0.433. The fraction of sp³-hybridized carbons (Fsp3) is 0.0833. The van der Waals surface area contributed by atoms with Crippen LogP contribution in [0.3, 0.4) is 0 Å². The van der Waals surface area contributed by atoms with Crippen molar-refractivity contribution >= 4 is 23.5 Å². The summed E-state index contributed by atoms with van der Waals surface area (Å²) in [5, 5.41) is 0. The summed E-state index contributed by atoms with van der Waals surface area (Å²) in [5.41, 5.74) is 0.445. The number of rotatable bonds is 2. The van der Waals surface area contributed by atoms with Gasteiger partial charge in [0.2, 0.25) is 0 Å². The molecule has 1 heterocycles. The van der Waals surface area contributed by atoms with Gasteiger partial charge in [-0.2, -0.15) is 0 Å². The molecule has 1 aromatic carbocycles. The summed E-state index contributed by atoms with van der Waals surface area (Å²) in [6.45, 7) is 1.30. The van der Waals surface area contributed by atoms with Gasteiger partial charge >= 0.3 is 5.97 Å². The average Bonchev–Trinajstić information content (AvgIpc) is 2.59. The van der Waals surface area contributed by atoms with Crippen LogP contribution < -0.4 is 9.64 Å². The van der Waals surface area contributed by atoms with E-state index in [9.17, 15) is 14.4 Å². The second-order valence-corrected chi connectivity index (χ2v) is 3.43. The molecule has 2 amide bonds. The molecule has 1 aromatic rings. The second kappa shape index (κ2) is 4.21. The van der Waals surface area contributed by atoms with E-state index in [1.165, 1.54) is 31.2 Å². The normalized spacial score (nSPS) is 14.3. The Labute approximate surface area is 97.3 Å². The van der Waals surface area contributed by atoms with Crippen LogP contribution in [0, 0.1) is 0 Å². The smallest absolute Gasteiger partial charge is 0.308 e. The second-order valence-electron chi connectivity index (χ2n) is 3.43. The fourth-order valence-electron chi connectivity index (χ4n) is 1.48. The van der Waals surface area contributed by atoms with Gasteiger partial charge in [-0.1, -0.05) is 0 Å². The third-order valence-electron chi connectivity index (χ3n) is 2.17. The maximum atomic E-state index is 11.4. The van der Waals surface area contributed by atoms with Crippen molar-refractivity contribution in [2.75, 3.05) is 4.90 Å². The Morgan fingerprint density at radius 1 is 1.06 bits per heavy atom. The summed E-state index contributed by atoms with van der Waals surface area (Å²) >= 11 is 0. The van der Waals surface area contributed by atoms with E-state index in [2.05, 4.69) is 0 Å². The first kappa shape index (κ1) is 11.1. The van der Waals surface area contributed by atoms with Crippen LogP contribution in [0.4, 0.5) is 5.69 Å². The lowest BCUT2D eigenvalue weighted by Crippen LogP contribution is -2.29. The van der Waals surface area contributed by atoms with Crippen LogP contribution in [0.25, 0.3) is 0 Å². The number of carbonyl (C=O) groups is 3. The monoisotopic (exact) mass is 231 g/mol. The standard InChI is InChI=1S/C12H9NO4/c1-8(14)17-10-4-2-9(3-5-10)13-11(15)6-7-12(13)16/h2-7H,1H3. The van der Waals surface area contributed by atoms with E-state index in [1.54, 1.807) is 12.1 Å². The fourth-order valence-corrected chi connectivity index (χ4v) is 1.48. The minimum Gasteiger partial charge on any atom is -0.427 e. The molecule has 86 valence electrons. The summed E-state index contributed by atoms with van der Waals surface area (Å²) in [6, 6.07) is 6.13. The van der Waals surface area contributed by atoms with Crippen molar-refractivity contribution in [3.63, 3.8) is 0 Å². The molecule has 0 aliphatic carbocycles. The maximum absolute atomic E-state index is 11.4. The molecular formula is C12H9NO4. The van der Waals surface area contributed by atoms with Crippen LogP contribution in [-0.2, 0) is 14.4 Å². The van der Waals surface area contributed by atoms with E-state index in [-0.39, 0.29) is 11.8 Å². The molecular weight excluding hydrogens is 222 g/mol. The Bertz CT molecular complexity index is 498. The SMILES string of the molecule is CC(=O)Oc1ccc(N2C(=O)C=CC2=O)cc1. The van der Waals surface area contributed by atoms with E-state index in [1.807, 2.05) is 0 Å². The van der Waals surface area contributed by atoms with Gasteiger partial charge in [0.1, 0.15) is 5.75 Å². The predicted octanol–water partition coefficient (Wildman–Crippen LogP) is 1.04. The molecule has 0 bridgehead atoms. The van der Waals surface area contributed by atoms with Crippen molar-refractivity contribution in [2.24, 2.45) is 0 Å². The number of benzene rings is 1. The molecule has 1 aliphatic heterocycles. The van der Waals surface area contributed by atoms with Crippen molar-refractivity contribution < 1.29 is 19.1 Å². The number of hydrogen-bond acceptors (Lipinski definition) is 4. The van der Waals surface area contributed by atoms with Gasteiger partial charge in [0.25, 0.3) is 11.8 Å². The first-order chi connectivity index (χ1) is 8.08. The molecule has 0 radical (unpaired) electrons. The van der Waals surface area contributed by atoms with E-state index in [0.717, 1.165) is 4.90 Å². The summed E-state index contributed by atoms with van der Waals surface area (Å²) < 4.78 is 4.84. The van der Waals surface area contributed by atoms with Gasteiger partial charge < -0.3 is 4.74 Å². The van der Waals surface area contributed by atoms with Crippen LogP contribution in [-0.4, -0.2) is 17.8 Å². The zero-order valence-corrected chi connectivity index (χ0v) is 9.04. The highest BCUT2D eigenvalue weighted by molar-refractivity contribution is 6.28. The molecule has 0 saturated heterocycles. The zero-order valence-electron chi connectivity index (χ0n) is 9.04. The van der Waals surface area contributed by atoms with E-state index in [0.29, 0.717) is 11.4 Å². The van der Waals surface area contributed by atoms with Crippen LogP contribution in [0.5, 0.6) is 5.75 Å². The molecule has 0 fully saturated rings. The van der Waals surface area contributed by atoms with Gasteiger partial charge in [0.15, 0.2) is 0 Å². The van der Waals surface area contributed by atoms with Gasteiger partial charge in [0, 0.05) is 19.1 Å². The van der Waals surface area contributed by atoms with Gasteiger partial charge in [-0.05, 0) is 24.3 Å². The largest absolute Gasteiger partial charge is 0.427 e. The maximum Gasteiger partial charge on any atom is 0.308 e. The molecule has 0 spiro atoms. The Balaban J connectivity index is 2.21. The number of imide groups is 1. The number of amides is 2. The summed E-state index contributed by atoms with van der Waals surface area (Å²) in [6.07, 6.45) is 2.42. The molecule has 2 rings (SSSR count). The van der Waals surface area contributed by atoms with Crippen molar-refractivity contribution in [2.45, 2.75) is 6.92 Å². The third kappa shape index (κ3) is 2.23. The third-order valence-corrected chi connectivity index (χ3v) is 2.17. The van der Waals surface area contributed by atoms with Gasteiger partial charge in [0.05, 0.1) is 5.69 Å². The van der Waals surface area contributed by atoms with E-state index in [4.69, 9.17) is 4.74 Å². The molecule has 0 saturated carbocycles. The predicted molar refractivity (Wildman–Crippen MR) is 59.4 cm³/mol.